The summed E-state index contributed by atoms with van der Waals surface area (Å²) in [5.41, 5.74) is -0.616. The lowest BCUT2D eigenvalue weighted by atomic mass is 10.2. The molecule has 0 radical (unpaired) electrons. The molecule has 0 spiro atoms. The number of hydrogen-bond donors (Lipinski definition) is 1. The summed E-state index contributed by atoms with van der Waals surface area (Å²) >= 11 is 1.39. The summed E-state index contributed by atoms with van der Waals surface area (Å²) in [6.07, 6.45) is -0.674. The molecule has 0 aliphatic carbocycles. The van der Waals surface area contributed by atoms with Crippen LogP contribution in [0.1, 0.15) is 36.9 Å². The number of ether oxygens (including phenoxy) is 2. The van der Waals surface area contributed by atoms with Gasteiger partial charge in [-0.3, -0.25) is 14.4 Å². The first kappa shape index (κ1) is 22.7. The Kier molecular flexibility index (Phi) is 8.00. The number of thiophene rings is 1. The maximum atomic E-state index is 12.3. The minimum atomic E-state index is -0.616. The van der Waals surface area contributed by atoms with E-state index in [0.717, 1.165) is 0 Å². The molecule has 1 N–H and O–H groups in total. The average Bonchev–Trinajstić information content (AvgIpc) is 3.19. The molecule has 10 heteroatoms. The van der Waals surface area contributed by atoms with E-state index in [9.17, 15) is 19.2 Å². The molecule has 0 bridgehead atoms. The Balaban J connectivity index is 1.62. The van der Waals surface area contributed by atoms with Crippen LogP contribution in [0.4, 0.5) is 4.79 Å². The number of carbonyl (C=O) groups excluding carboxylic acids is 4. The Morgan fingerprint density at radius 2 is 1.76 bits per heavy atom. The Labute approximate surface area is 173 Å². The Morgan fingerprint density at radius 3 is 2.34 bits per heavy atom. The summed E-state index contributed by atoms with van der Waals surface area (Å²) in [6, 6.07) is 3.61. The molecular formula is C19H27N3O6S. The third-order valence-corrected chi connectivity index (χ3v) is 4.86. The third-order valence-electron chi connectivity index (χ3n) is 4.01. The molecule has 9 nitrogen and oxygen atoms in total. The van der Waals surface area contributed by atoms with Crippen molar-refractivity contribution < 1.29 is 28.7 Å². The van der Waals surface area contributed by atoms with Gasteiger partial charge < -0.3 is 24.6 Å². The zero-order valence-electron chi connectivity index (χ0n) is 16.9. The van der Waals surface area contributed by atoms with Gasteiger partial charge in [-0.1, -0.05) is 6.07 Å². The smallest absolute Gasteiger partial charge is 0.407 e. The molecular weight excluding hydrogens is 398 g/mol. The van der Waals surface area contributed by atoms with E-state index >= 15 is 0 Å². The van der Waals surface area contributed by atoms with E-state index in [-0.39, 0.29) is 31.4 Å². The predicted octanol–water partition coefficient (Wildman–Crippen LogP) is 1.49. The quantitative estimate of drug-likeness (QED) is 0.693. The van der Waals surface area contributed by atoms with Crippen molar-refractivity contribution in [3.63, 3.8) is 0 Å². The number of amides is 3. The van der Waals surface area contributed by atoms with Crippen LogP contribution in [-0.2, 0) is 19.1 Å². The van der Waals surface area contributed by atoms with Gasteiger partial charge in [-0.2, -0.15) is 0 Å². The second kappa shape index (κ2) is 10.2. The van der Waals surface area contributed by atoms with E-state index in [2.05, 4.69) is 5.32 Å². The highest BCUT2D eigenvalue weighted by molar-refractivity contribution is 7.12. The molecule has 2 rings (SSSR count). The van der Waals surface area contributed by atoms with Gasteiger partial charge in [-0.25, -0.2) is 4.79 Å². The predicted molar refractivity (Wildman–Crippen MR) is 107 cm³/mol. The van der Waals surface area contributed by atoms with E-state index in [1.165, 1.54) is 11.3 Å². The van der Waals surface area contributed by atoms with Gasteiger partial charge in [-0.05, 0) is 32.2 Å². The van der Waals surface area contributed by atoms with Crippen molar-refractivity contribution in [3.05, 3.63) is 22.4 Å². The second-order valence-electron chi connectivity index (χ2n) is 7.49. The lowest BCUT2D eigenvalue weighted by Crippen LogP contribution is -2.51. The van der Waals surface area contributed by atoms with Crippen LogP contribution in [-0.4, -0.2) is 78.6 Å². The monoisotopic (exact) mass is 425 g/mol. The van der Waals surface area contributed by atoms with Crippen molar-refractivity contribution in [3.8, 4) is 0 Å². The highest BCUT2D eigenvalue weighted by atomic mass is 32.1. The van der Waals surface area contributed by atoms with E-state index in [1.807, 2.05) is 11.4 Å². The first-order valence-corrected chi connectivity index (χ1v) is 10.3. The number of esters is 1. The zero-order valence-corrected chi connectivity index (χ0v) is 17.8. The first-order chi connectivity index (χ1) is 13.7. The van der Waals surface area contributed by atoms with Crippen LogP contribution in [0.25, 0.3) is 0 Å². The molecule has 160 valence electrons. The molecule has 1 aromatic rings. The van der Waals surface area contributed by atoms with Crippen molar-refractivity contribution in [2.24, 2.45) is 0 Å². The number of rotatable bonds is 6. The number of alkyl carbamates (subject to hydrolysis) is 1. The van der Waals surface area contributed by atoms with E-state index in [4.69, 9.17) is 9.47 Å². The van der Waals surface area contributed by atoms with Gasteiger partial charge in [0.05, 0.1) is 11.3 Å². The van der Waals surface area contributed by atoms with Gasteiger partial charge in [0.25, 0.3) is 11.8 Å². The highest BCUT2D eigenvalue weighted by Crippen LogP contribution is 2.14. The van der Waals surface area contributed by atoms with Crippen LogP contribution in [0, 0.1) is 0 Å². The van der Waals surface area contributed by atoms with Crippen molar-refractivity contribution >= 4 is 35.2 Å². The molecule has 0 unspecified atom stereocenters. The number of nitrogens with zero attached hydrogens (tertiary/aromatic N) is 2. The summed E-state index contributed by atoms with van der Waals surface area (Å²) in [5, 5.41) is 4.31. The number of nitrogens with one attached hydrogen (secondary N) is 1. The number of hydrogen-bond acceptors (Lipinski definition) is 7. The largest absolute Gasteiger partial charge is 0.456 e. The third kappa shape index (κ3) is 7.72. The Bertz CT molecular complexity index is 721. The molecule has 29 heavy (non-hydrogen) atoms. The van der Waals surface area contributed by atoms with Crippen molar-refractivity contribution in [1.29, 1.82) is 0 Å². The van der Waals surface area contributed by atoms with Crippen LogP contribution in [0.2, 0.25) is 0 Å². The topological polar surface area (TPSA) is 105 Å². The summed E-state index contributed by atoms with van der Waals surface area (Å²) in [6.45, 7) is 6.60. The Morgan fingerprint density at radius 1 is 1.10 bits per heavy atom. The first-order valence-electron chi connectivity index (χ1n) is 9.39. The second-order valence-corrected chi connectivity index (χ2v) is 8.44. The highest BCUT2D eigenvalue weighted by Gasteiger charge is 2.25. The van der Waals surface area contributed by atoms with Crippen molar-refractivity contribution in [2.75, 3.05) is 39.3 Å². The fraction of sp³-hybridized carbons (Fsp3) is 0.579. The van der Waals surface area contributed by atoms with E-state index < -0.39 is 17.7 Å². The lowest BCUT2D eigenvalue weighted by Gasteiger charge is -2.34. The van der Waals surface area contributed by atoms with E-state index in [1.54, 1.807) is 36.6 Å². The van der Waals surface area contributed by atoms with Crippen LogP contribution in [0.15, 0.2) is 17.5 Å². The fourth-order valence-electron chi connectivity index (χ4n) is 2.60. The molecule has 0 saturated carbocycles. The number of carbonyl (C=O) groups is 4. The molecule has 0 aromatic carbocycles. The van der Waals surface area contributed by atoms with Crippen LogP contribution in [0.5, 0.6) is 0 Å². The molecule has 1 aromatic heterocycles. The van der Waals surface area contributed by atoms with Gasteiger partial charge >= 0.3 is 12.1 Å². The van der Waals surface area contributed by atoms with E-state index in [0.29, 0.717) is 31.1 Å². The van der Waals surface area contributed by atoms with Crippen molar-refractivity contribution in [1.82, 2.24) is 15.1 Å². The lowest BCUT2D eigenvalue weighted by molar-refractivity contribution is -0.152. The van der Waals surface area contributed by atoms with Crippen LogP contribution >= 0.6 is 11.3 Å². The minimum Gasteiger partial charge on any atom is -0.456 e. The molecule has 2 heterocycles. The molecule has 3 amide bonds. The summed E-state index contributed by atoms with van der Waals surface area (Å²) < 4.78 is 10.0. The van der Waals surface area contributed by atoms with Crippen LogP contribution < -0.4 is 5.32 Å². The summed E-state index contributed by atoms with van der Waals surface area (Å²) in [7, 11) is 0. The normalized spacial score (nSPS) is 14.3. The van der Waals surface area contributed by atoms with Crippen LogP contribution in [0.3, 0.4) is 0 Å². The van der Waals surface area contributed by atoms with Gasteiger partial charge in [0.2, 0.25) is 0 Å². The maximum absolute atomic E-state index is 12.3. The van der Waals surface area contributed by atoms with Gasteiger partial charge in [-0.15, -0.1) is 11.3 Å². The maximum Gasteiger partial charge on any atom is 0.407 e. The molecule has 1 saturated heterocycles. The Hall–Kier alpha value is -2.62. The molecule has 0 atom stereocenters. The number of piperazine rings is 1. The van der Waals surface area contributed by atoms with Crippen molar-refractivity contribution in [2.45, 2.75) is 32.8 Å². The molecule has 1 aliphatic rings. The minimum absolute atomic E-state index is 0.0315. The molecule has 1 fully saturated rings. The zero-order chi connectivity index (χ0) is 21.4. The van der Waals surface area contributed by atoms with Gasteiger partial charge in [0, 0.05) is 32.7 Å². The molecule has 1 aliphatic heterocycles. The van der Waals surface area contributed by atoms with Gasteiger partial charge in [0.15, 0.2) is 6.61 Å². The average molecular weight is 426 g/mol. The summed E-state index contributed by atoms with van der Waals surface area (Å²) in [5.74, 6) is -0.918. The standard InChI is InChI=1S/C19H27N3O6S/c1-19(2,3)28-18(26)20-7-6-16(24)27-13-15(23)21-8-10-22(11-9-21)17(25)14-5-4-12-29-14/h4-5,12H,6-11,13H2,1-3H3,(H,20,26). The SMILES string of the molecule is CC(C)(C)OC(=O)NCCC(=O)OCC(=O)N1CCN(C(=O)c2cccs2)CC1. The van der Waals surface area contributed by atoms with Gasteiger partial charge in [0.1, 0.15) is 5.60 Å². The summed E-state index contributed by atoms with van der Waals surface area (Å²) in [4.78, 5) is 51.7. The fourth-order valence-corrected chi connectivity index (χ4v) is 3.29.